The van der Waals surface area contributed by atoms with Crippen LogP contribution in [0.4, 0.5) is 0 Å². The number of piperidine rings is 1. The average molecular weight is 331 g/mol. The van der Waals surface area contributed by atoms with Crippen LogP contribution in [0.5, 0.6) is 0 Å². The van der Waals surface area contributed by atoms with Gasteiger partial charge in [0.05, 0.1) is 6.54 Å². The molecule has 2 rings (SSSR count). The maximum Gasteiger partial charge on any atom is 0.251 e. The van der Waals surface area contributed by atoms with Crippen LogP contribution in [0, 0.1) is 0 Å². The molecule has 24 heavy (non-hydrogen) atoms. The summed E-state index contributed by atoms with van der Waals surface area (Å²) >= 11 is 0. The van der Waals surface area contributed by atoms with Gasteiger partial charge in [-0.25, -0.2) is 0 Å². The number of benzene rings is 1. The fraction of sp³-hybridized carbons (Fsp3) is 0.579. The van der Waals surface area contributed by atoms with E-state index < -0.39 is 0 Å². The van der Waals surface area contributed by atoms with E-state index in [9.17, 15) is 9.59 Å². The Morgan fingerprint density at radius 1 is 1.12 bits per heavy atom. The molecule has 1 heterocycles. The monoisotopic (exact) mass is 331 g/mol. The number of hydrogen-bond donors (Lipinski definition) is 2. The normalized spacial score (nSPS) is 16.1. The van der Waals surface area contributed by atoms with Crippen molar-refractivity contribution in [2.24, 2.45) is 0 Å². The minimum atomic E-state index is -0.0134. The average Bonchev–Trinajstić information content (AvgIpc) is 2.62. The van der Waals surface area contributed by atoms with Crippen LogP contribution in [0.1, 0.15) is 49.9 Å². The number of hydrogen-bond acceptors (Lipinski definition) is 3. The van der Waals surface area contributed by atoms with E-state index in [1.54, 1.807) is 0 Å². The molecule has 1 aromatic carbocycles. The fourth-order valence-corrected chi connectivity index (χ4v) is 3.06. The van der Waals surface area contributed by atoms with E-state index >= 15 is 0 Å². The van der Waals surface area contributed by atoms with Crippen molar-refractivity contribution >= 4 is 11.8 Å². The lowest BCUT2D eigenvalue weighted by molar-refractivity contribution is -0.123. The third-order valence-corrected chi connectivity index (χ3v) is 4.68. The zero-order valence-corrected chi connectivity index (χ0v) is 14.8. The van der Waals surface area contributed by atoms with E-state index in [4.69, 9.17) is 0 Å². The summed E-state index contributed by atoms with van der Waals surface area (Å²) < 4.78 is 0. The first-order chi connectivity index (χ1) is 11.6. The number of rotatable bonds is 7. The molecule has 132 valence electrons. The van der Waals surface area contributed by atoms with Crippen molar-refractivity contribution in [3.8, 4) is 0 Å². The Morgan fingerprint density at radius 2 is 1.75 bits per heavy atom. The number of nitrogens with zero attached hydrogens (tertiary/aromatic N) is 1. The molecule has 2 N–H and O–H groups in total. The van der Waals surface area contributed by atoms with Crippen molar-refractivity contribution in [3.63, 3.8) is 0 Å². The summed E-state index contributed by atoms with van der Waals surface area (Å²) in [6.45, 7) is 6.33. The van der Waals surface area contributed by atoms with Crippen molar-refractivity contribution in [1.29, 1.82) is 0 Å². The minimum absolute atomic E-state index is 0.0134. The molecule has 2 amide bonds. The zero-order valence-electron chi connectivity index (χ0n) is 14.8. The van der Waals surface area contributed by atoms with Gasteiger partial charge in [0.2, 0.25) is 5.91 Å². The molecular formula is C19H29N3O2. The lowest BCUT2D eigenvalue weighted by atomic mass is 10.0. The molecule has 0 unspecified atom stereocenters. The van der Waals surface area contributed by atoms with Gasteiger partial charge >= 0.3 is 0 Å². The molecule has 1 aliphatic heterocycles. The van der Waals surface area contributed by atoms with Crippen LogP contribution < -0.4 is 10.6 Å². The summed E-state index contributed by atoms with van der Waals surface area (Å²) in [5, 5.41) is 6.17. The molecule has 1 saturated heterocycles. The highest BCUT2D eigenvalue weighted by Gasteiger charge is 2.22. The Labute approximate surface area is 144 Å². The Kier molecular flexibility index (Phi) is 7.25. The minimum Gasteiger partial charge on any atom is -0.352 e. The Morgan fingerprint density at radius 3 is 2.33 bits per heavy atom. The van der Waals surface area contributed by atoms with Crippen molar-refractivity contribution < 1.29 is 9.59 Å². The summed E-state index contributed by atoms with van der Waals surface area (Å²) in [6, 6.07) is 9.77. The summed E-state index contributed by atoms with van der Waals surface area (Å²) in [5.41, 5.74) is 0.699. The molecule has 1 fully saturated rings. The predicted octanol–water partition coefficient (Wildman–Crippen LogP) is 2.19. The Hall–Kier alpha value is -1.88. The predicted molar refractivity (Wildman–Crippen MR) is 95.9 cm³/mol. The molecule has 5 heteroatoms. The highest BCUT2D eigenvalue weighted by molar-refractivity contribution is 5.94. The first-order valence-electron chi connectivity index (χ1n) is 9.00. The van der Waals surface area contributed by atoms with Crippen LogP contribution in [-0.4, -0.2) is 48.4 Å². The topological polar surface area (TPSA) is 61.4 Å². The van der Waals surface area contributed by atoms with Crippen LogP contribution in [0.25, 0.3) is 0 Å². The van der Waals surface area contributed by atoms with Crippen molar-refractivity contribution in [2.45, 2.75) is 51.6 Å². The van der Waals surface area contributed by atoms with Gasteiger partial charge in [-0.1, -0.05) is 32.0 Å². The molecule has 0 aliphatic carbocycles. The third-order valence-electron chi connectivity index (χ3n) is 4.68. The van der Waals surface area contributed by atoms with Gasteiger partial charge in [0.25, 0.3) is 5.91 Å². The van der Waals surface area contributed by atoms with Gasteiger partial charge in [-0.05, 0) is 37.8 Å². The molecule has 0 radical (unpaired) electrons. The molecule has 5 nitrogen and oxygen atoms in total. The van der Waals surface area contributed by atoms with E-state index in [0.717, 1.165) is 38.8 Å². The van der Waals surface area contributed by atoms with Crippen LogP contribution >= 0.6 is 0 Å². The molecule has 1 aliphatic rings. The quantitative estimate of drug-likeness (QED) is 0.805. The number of nitrogens with one attached hydrogen (secondary N) is 2. The highest BCUT2D eigenvalue weighted by atomic mass is 16.2. The van der Waals surface area contributed by atoms with Gasteiger partial charge in [-0.2, -0.15) is 0 Å². The summed E-state index contributed by atoms with van der Waals surface area (Å²) in [4.78, 5) is 26.4. The van der Waals surface area contributed by atoms with Gasteiger partial charge in [-0.15, -0.1) is 0 Å². The van der Waals surface area contributed by atoms with E-state index in [0.29, 0.717) is 12.1 Å². The highest BCUT2D eigenvalue weighted by Crippen LogP contribution is 2.11. The molecule has 0 bridgehead atoms. The maximum absolute atomic E-state index is 12.2. The second-order valence-corrected chi connectivity index (χ2v) is 6.47. The fourth-order valence-electron chi connectivity index (χ4n) is 3.06. The molecule has 0 saturated carbocycles. The standard InChI is InChI=1S/C19H29N3O2/c1-3-16(4-2)20-18(23)14-22-12-10-17(11-13-22)21-19(24)15-8-6-5-7-9-15/h5-9,16-17H,3-4,10-14H2,1-2H3,(H,20,23)(H,21,24). The first kappa shape index (κ1) is 18.5. The van der Waals surface area contributed by atoms with Crippen molar-refractivity contribution in [2.75, 3.05) is 19.6 Å². The van der Waals surface area contributed by atoms with Gasteiger partial charge in [0, 0.05) is 30.7 Å². The first-order valence-corrected chi connectivity index (χ1v) is 9.00. The van der Waals surface area contributed by atoms with E-state index in [1.165, 1.54) is 0 Å². The molecule has 1 aromatic rings. The lowest BCUT2D eigenvalue weighted by Gasteiger charge is -2.32. The number of carbonyl (C=O) groups excluding carboxylic acids is 2. The largest absolute Gasteiger partial charge is 0.352 e. The van der Waals surface area contributed by atoms with Crippen LogP contribution in [0.2, 0.25) is 0 Å². The lowest BCUT2D eigenvalue weighted by Crippen LogP contribution is -2.48. The van der Waals surface area contributed by atoms with Crippen LogP contribution in [0.15, 0.2) is 30.3 Å². The zero-order chi connectivity index (χ0) is 17.4. The smallest absolute Gasteiger partial charge is 0.251 e. The summed E-state index contributed by atoms with van der Waals surface area (Å²) in [5.74, 6) is 0.0935. The third kappa shape index (κ3) is 5.64. The van der Waals surface area contributed by atoms with E-state index in [2.05, 4.69) is 29.4 Å². The second-order valence-electron chi connectivity index (χ2n) is 6.47. The Bertz CT molecular complexity index is 521. The maximum atomic E-state index is 12.2. The number of likely N-dealkylation sites (tertiary alicyclic amines) is 1. The number of carbonyl (C=O) groups is 2. The van der Waals surface area contributed by atoms with Crippen LogP contribution in [0.3, 0.4) is 0 Å². The molecule has 0 aromatic heterocycles. The SMILES string of the molecule is CCC(CC)NC(=O)CN1CCC(NC(=O)c2ccccc2)CC1. The molecular weight excluding hydrogens is 302 g/mol. The van der Waals surface area contributed by atoms with Gasteiger partial charge in [-0.3, -0.25) is 14.5 Å². The van der Waals surface area contributed by atoms with Gasteiger partial charge in [0.15, 0.2) is 0 Å². The van der Waals surface area contributed by atoms with Crippen LogP contribution in [-0.2, 0) is 4.79 Å². The number of amides is 2. The second kappa shape index (κ2) is 9.42. The van der Waals surface area contributed by atoms with Crippen molar-refractivity contribution in [3.05, 3.63) is 35.9 Å². The van der Waals surface area contributed by atoms with E-state index in [1.807, 2.05) is 30.3 Å². The van der Waals surface area contributed by atoms with Gasteiger partial charge in [0.1, 0.15) is 0 Å². The van der Waals surface area contributed by atoms with Crippen molar-refractivity contribution in [1.82, 2.24) is 15.5 Å². The molecule has 0 spiro atoms. The van der Waals surface area contributed by atoms with Gasteiger partial charge < -0.3 is 10.6 Å². The molecule has 0 atom stereocenters. The Balaban J connectivity index is 1.71. The summed E-state index contributed by atoms with van der Waals surface area (Å²) in [6.07, 6.45) is 3.71. The summed E-state index contributed by atoms with van der Waals surface area (Å²) in [7, 11) is 0. The van der Waals surface area contributed by atoms with E-state index in [-0.39, 0.29) is 23.9 Å².